The van der Waals surface area contributed by atoms with Crippen molar-refractivity contribution in [2.45, 2.75) is 32.9 Å². The van der Waals surface area contributed by atoms with Gasteiger partial charge in [-0.15, -0.1) is 0 Å². The highest BCUT2D eigenvalue weighted by atomic mass is 16.2. The molecule has 0 aromatic heterocycles. The third-order valence-corrected chi connectivity index (χ3v) is 2.56. The van der Waals surface area contributed by atoms with E-state index in [0.29, 0.717) is 13.1 Å². The molecule has 0 bridgehead atoms. The Morgan fingerprint density at radius 1 is 1.53 bits per heavy atom. The molecule has 1 aliphatic heterocycles. The summed E-state index contributed by atoms with van der Waals surface area (Å²) in [4.78, 5) is 25.0. The van der Waals surface area contributed by atoms with E-state index in [0.717, 1.165) is 0 Å². The molecule has 3 N–H and O–H groups in total. The Morgan fingerprint density at radius 2 is 2.13 bits per heavy atom. The smallest absolute Gasteiger partial charge is 0.243 e. The normalized spacial score (nSPS) is 23.9. The Bertz CT molecular complexity index is 263. The molecule has 15 heavy (non-hydrogen) atoms. The summed E-state index contributed by atoms with van der Waals surface area (Å²) >= 11 is 0. The molecule has 1 saturated heterocycles. The Morgan fingerprint density at radius 3 is 2.60 bits per heavy atom. The summed E-state index contributed by atoms with van der Waals surface area (Å²) in [5, 5.41) is 2.76. The number of rotatable bonds is 2. The van der Waals surface area contributed by atoms with Crippen LogP contribution >= 0.6 is 0 Å². The number of nitrogens with zero attached hydrogens (tertiary/aromatic N) is 1. The Balaban J connectivity index is 2.84. The summed E-state index contributed by atoms with van der Waals surface area (Å²) < 4.78 is 0. The molecule has 0 spiro atoms. The minimum atomic E-state index is -0.544. The van der Waals surface area contributed by atoms with Crippen molar-refractivity contribution in [3.8, 4) is 0 Å². The number of hydrogen-bond donors (Lipinski definition) is 2. The number of carbonyl (C=O) groups is 2. The zero-order valence-corrected chi connectivity index (χ0v) is 9.49. The highest BCUT2D eigenvalue weighted by Gasteiger charge is 2.35. The fourth-order valence-electron chi connectivity index (χ4n) is 1.86. The molecular formula is C10H19N3O2. The Labute approximate surface area is 90.0 Å². The second-order valence-electron chi connectivity index (χ2n) is 4.30. The van der Waals surface area contributed by atoms with E-state index in [1.54, 1.807) is 11.8 Å². The molecule has 1 rings (SSSR count). The van der Waals surface area contributed by atoms with E-state index in [-0.39, 0.29) is 23.8 Å². The molecule has 0 saturated carbocycles. The lowest BCUT2D eigenvalue weighted by Gasteiger charge is -2.38. The van der Waals surface area contributed by atoms with Crippen molar-refractivity contribution in [1.29, 1.82) is 0 Å². The van der Waals surface area contributed by atoms with Gasteiger partial charge in [0.2, 0.25) is 11.8 Å². The molecule has 0 aromatic rings. The fourth-order valence-corrected chi connectivity index (χ4v) is 1.86. The molecule has 1 heterocycles. The predicted octanol–water partition coefficient (Wildman–Crippen LogP) is -0.683. The molecule has 0 aromatic carbocycles. The van der Waals surface area contributed by atoms with Crippen LogP contribution in [0.5, 0.6) is 0 Å². The SMILES string of the molecule is CC(N)C(=O)N1CCNC(=O)C1C(C)C. The van der Waals surface area contributed by atoms with Gasteiger partial charge in [0, 0.05) is 13.1 Å². The van der Waals surface area contributed by atoms with Gasteiger partial charge in [-0.2, -0.15) is 0 Å². The van der Waals surface area contributed by atoms with Crippen LogP contribution in [0.25, 0.3) is 0 Å². The number of nitrogens with one attached hydrogen (secondary N) is 1. The maximum Gasteiger partial charge on any atom is 0.243 e. The highest BCUT2D eigenvalue weighted by molar-refractivity contribution is 5.90. The van der Waals surface area contributed by atoms with Gasteiger partial charge >= 0.3 is 0 Å². The van der Waals surface area contributed by atoms with Crippen LogP contribution in [0.2, 0.25) is 0 Å². The van der Waals surface area contributed by atoms with Gasteiger partial charge in [0.25, 0.3) is 0 Å². The number of hydrogen-bond acceptors (Lipinski definition) is 3. The monoisotopic (exact) mass is 213 g/mol. The average Bonchev–Trinajstić information content (AvgIpc) is 2.15. The van der Waals surface area contributed by atoms with Crippen molar-refractivity contribution in [3.63, 3.8) is 0 Å². The van der Waals surface area contributed by atoms with Gasteiger partial charge in [-0.1, -0.05) is 13.8 Å². The molecule has 1 fully saturated rings. The molecule has 2 unspecified atom stereocenters. The van der Waals surface area contributed by atoms with E-state index in [1.165, 1.54) is 0 Å². The van der Waals surface area contributed by atoms with E-state index in [1.807, 2.05) is 13.8 Å². The molecule has 0 radical (unpaired) electrons. The predicted molar refractivity (Wildman–Crippen MR) is 57.0 cm³/mol. The molecule has 2 amide bonds. The number of nitrogens with two attached hydrogens (primary N) is 1. The van der Waals surface area contributed by atoms with E-state index in [4.69, 9.17) is 5.73 Å². The number of carbonyl (C=O) groups excluding carboxylic acids is 2. The number of piperazine rings is 1. The van der Waals surface area contributed by atoms with E-state index in [9.17, 15) is 9.59 Å². The van der Waals surface area contributed by atoms with E-state index >= 15 is 0 Å². The van der Waals surface area contributed by atoms with Gasteiger partial charge < -0.3 is 16.0 Å². The summed E-state index contributed by atoms with van der Waals surface area (Å²) in [6.07, 6.45) is 0. The summed E-state index contributed by atoms with van der Waals surface area (Å²) in [5.41, 5.74) is 5.55. The van der Waals surface area contributed by atoms with Gasteiger partial charge in [0.05, 0.1) is 6.04 Å². The average molecular weight is 213 g/mol. The highest BCUT2D eigenvalue weighted by Crippen LogP contribution is 2.14. The largest absolute Gasteiger partial charge is 0.353 e. The lowest BCUT2D eigenvalue weighted by Crippen LogP contribution is -2.61. The first kappa shape index (κ1) is 12.0. The van der Waals surface area contributed by atoms with Gasteiger partial charge in [0.15, 0.2) is 0 Å². The second-order valence-corrected chi connectivity index (χ2v) is 4.30. The van der Waals surface area contributed by atoms with Crippen molar-refractivity contribution < 1.29 is 9.59 Å². The van der Waals surface area contributed by atoms with Crippen molar-refractivity contribution in [2.24, 2.45) is 11.7 Å². The Hall–Kier alpha value is -1.10. The molecule has 5 nitrogen and oxygen atoms in total. The zero-order chi connectivity index (χ0) is 11.6. The fraction of sp³-hybridized carbons (Fsp3) is 0.800. The van der Waals surface area contributed by atoms with Crippen molar-refractivity contribution in [2.75, 3.05) is 13.1 Å². The first-order chi connectivity index (χ1) is 6.95. The first-order valence-electron chi connectivity index (χ1n) is 5.29. The van der Waals surface area contributed by atoms with Crippen LogP contribution in [-0.2, 0) is 9.59 Å². The summed E-state index contributed by atoms with van der Waals surface area (Å²) in [6.45, 7) is 6.57. The molecule has 0 aliphatic carbocycles. The minimum Gasteiger partial charge on any atom is -0.353 e. The third kappa shape index (κ3) is 2.47. The van der Waals surface area contributed by atoms with Crippen LogP contribution in [0.3, 0.4) is 0 Å². The van der Waals surface area contributed by atoms with E-state index < -0.39 is 6.04 Å². The lowest BCUT2D eigenvalue weighted by molar-refractivity contribution is -0.145. The van der Waals surface area contributed by atoms with E-state index in [2.05, 4.69) is 5.32 Å². The minimum absolute atomic E-state index is 0.0785. The van der Waals surface area contributed by atoms with Crippen LogP contribution in [0, 0.1) is 5.92 Å². The third-order valence-electron chi connectivity index (χ3n) is 2.56. The summed E-state index contributed by atoms with van der Waals surface area (Å²) in [5.74, 6) is -0.123. The zero-order valence-electron chi connectivity index (χ0n) is 9.49. The molecule has 5 heteroatoms. The van der Waals surface area contributed by atoms with Gasteiger partial charge in [-0.05, 0) is 12.8 Å². The molecule has 86 valence electrons. The van der Waals surface area contributed by atoms with Crippen LogP contribution in [0.4, 0.5) is 0 Å². The quantitative estimate of drug-likeness (QED) is 0.638. The van der Waals surface area contributed by atoms with Crippen LogP contribution in [0.1, 0.15) is 20.8 Å². The number of amides is 2. The topological polar surface area (TPSA) is 75.4 Å². The molecular weight excluding hydrogens is 194 g/mol. The second kappa shape index (κ2) is 4.61. The summed E-state index contributed by atoms with van der Waals surface area (Å²) in [7, 11) is 0. The van der Waals surface area contributed by atoms with Crippen LogP contribution in [0.15, 0.2) is 0 Å². The Kier molecular flexibility index (Phi) is 3.68. The van der Waals surface area contributed by atoms with Gasteiger partial charge in [-0.25, -0.2) is 0 Å². The van der Waals surface area contributed by atoms with Crippen molar-refractivity contribution >= 4 is 11.8 Å². The van der Waals surface area contributed by atoms with Gasteiger partial charge in [-0.3, -0.25) is 9.59 Å². The van der Waals surface area contributed by atoms with Crippen molar-refractivity contribution in [1.82, 2.24) is 10.2 Å². The maximum absolute atomic E-state index is 11.8. The van der Waals surface area contributed by atoms with Crippen molar-refractivity contribution in [3.05, 3.63) is 0 Å². The van der Waals surface area contributed by atoms with Gasteiger partial charge in [0.1, 0.15) is 6.04 Å². The lowest BCUT2D eigenvalue weighted by atomic mass is 9.99. The molecule has 1 aliphatic rings. The first-order valence-corrected chi connectivity index (χ1v) is 5.29. The van der Waals surface area contributed by atoms with Crippen LogP contribution < -0.4 is 11.1 Å². The standard InChI is InChI=1S/C10H19N3O2/c1-6(2)8-9(14)12-4-5-13(8)10(15)7(3)11/h6-8H,4-5,11H2,1-3H3,(H,12,14). The molecule has 2 atom stereocenters. The van der Waals surface area contributed by atoms with Crippen LogP contribution in [-0.4, -0.2) is 41.9 Å². The maximum atomic E-state index is 11.8. The summed E-state index contributed by atoms with van der Waals surface area (Å²) in [6, 6.07) is -0.922.